The van der Waals surface area contributed by atoms with E-state index >= 15 is 0 Å². The first kappa shape index (κ1) is 18.8. The molecule has 0 radical (unpaired) electrons. The number of rotatable bonds is 10. The molecule has 0 amide bonds. The van der Waals surface area contributed by atoms with Crippen molar-refractivity contribution in [3.63, 3.8) is 0 Å². The zero-order valence-corrected chi connectivity index (χ0v) is 18.4. The van der Waals surface area contributed by atoms with Crippen LogP contribution >= 0.6 is 0 Å². The van der Waals surface area contributed by atoms with Crippen molar-refractivity contribution >= 4 is 27.7 Å². The third kappa shape index (κ3) is 4.32. The normalized spacial score (nSPS) is 12.2. The van der Waals surface area contributed by atoms with Crippen molar-refractivity contribution in [1.29, 1.82) is 0 Å². The summed E-state index contributed by atoms with van der Waals surface area (Å²) in [4.78, 5) is 4.82. The first-order valence-corrected chi connectivity index (χ1v) is 17.1. The van der Waals surface area contributed by atoms with Gasteiger partial charge in [-0.3, -0.25) is 0 Å². The second kappa shape index (κ2) is 9.10. The van der Waals surface area contributed by atoms with E-state index in [0.29, 0.717) is 0 Å². The van der Waals surface area contributed by atoms with Crippen LogP contribution in [0.2, 0.25) is 13.3 Å². The number of hydrogen-bond acceptors (Lipinski definition) is 1. The van der Waals surface area contributed by atoms with Crippen molar-refractivity contribution in [2.45, 2.75) is 79.5 Å². The Bertz CT molecular complexity index is 581. The molecule has 2 aromatic heterocycles. The number of unbranched alkanes of at least 4 members (excludes halogenated alkanes) is 3. The van der Waals surface area contributed by atoms with Gasteiger partial charge >= 0.3 is 147 Å². The molecule has 2 rings (SSSR count). The Hall–Kier alpha value is -0.511. The van der Waals surface area contributed by atoms with Crippen LogP contribution < -0.4 is 3.71 Å². The monoisotopic (exact) mass is 422 g/mol. The minimum atomic E-state index is -2.38. The summed E-state index contributed by atoms with van der Waals surface area (Å²) in [6.45, 7) is 9.21. The molecule has 0 bridgehead atoms. The zero-order chi connectivity index (χ0) is 16.7. The SMILES string of the molecule is CCC[CH2][Sn]([CH2]CCC)([CH2]CCC)[c]1cnc2c(C)cccn12. The summed E-state index contributed by atoms with van der Waals surface area (Å²) in [5.74, 6) is 0. The standard InChI is InChI=1S/C8H7N2.3C4H9.Sn/c1-7-3-2-5-10-6-4-9-8(7)10;3*1-3-4-2;/h2-5H,1H3;3*1,3-4H2,2H3;. The van der Waals surface area contributed by atoms with Gasteiger partial charge in [-0.25, -0.2) is 0 Å². The molecule has 0 aliphatic carbocycles. The summed E-state index contributed by atoms with van der Waals surface area (Å²) in [5, 5.41) is 0. The fourth-order valence-electron chi connectivity index (χ4n) is 3.85. The van der Waals surface area contributed by atoms with Gasteiger partial charge in [0.2, 0.25) is 0 Å². The van der Waals surface area contributed by atoms with E-state index in [9.17, 15) is 0 Å². The Labute approximate surface area is 146 Å². The van der Waals surface area contributed by atoms with Crippen molar-refractivity contribution in [2.75, 3.05) is 0 Å². The van der Waals surface area contributed by atoms with Gasteiger partial charge in [-0.2, -0.15) is 0 Å². The summed E-state index contributed by atoms with van der Waals surface area (Å²) in [7, 11) is 0. The fraction of sp³-hybridized carbons (Fsp3) is 0.650. The summed E-state index contributed by atoms with van der Waals surface area (Å²) >= 11 is -2.38. The van der Waals surface area contributed by atoms with Crippen molar-refractivity contribution in [3.8, 4) is 0 Å². The van der Waals surface area contributed by atoms with Crippen LogP contribution in [0.3, 0.4) is 0 Å². The summed E-state index contributed by atoms with van der Waals surface area (Å²) in [5.41, 5.74) is 2.49. The molecule has 0 spiro atoms. The Kier molecular flexibility index (Phi) is 7.45. The Balaban J connectivity index is 2.49. The predicted molar refractivity (Wildman–Crippen MR) is 104 cm³/mol. The van der Waals surface area contributed by atoms with Gasteiger partial charge in [-0.15, -0.1) is 0 Å². The second-order valence-electron chi connectivity index (χ2n) is 7.12. The minimum absolute atomic E-state index is 1.19. The number of pyridine rings is 1. The van der Waals surface area contributed by atoms with E-state index in [0.717, 1.165) is 0 Å². The molecular weight excluding hydrogens is 387 g/mol. The molecule has 0 N–H and O–H groups in total. The van der Waals surface area contributed by atoms with Gasteiger partial charge in [0.15, 0.2) is 0 Å². The Morgan fingerprint density at radius 2 is 1.52 bits per heavy atom. The molecule has 0 saturated heterocycles. The van der Waals surface area contributed by atoms with Crippen LogP contribution in [0.25, 0.3) is 5.65 Å². The molecule has 0 unspecified atom stereocenters. The number of nitrogens with zero attached hydrogens (tertiary/aromatic N) is 2. The average Bonchev–Trinajstić information content (AvgIpc) is 3.01. The third-order valence-electron chi connectivity index (χ3n) is 5.30. The first-order valence-electron chi connectivity index (χ1n) is 9.61. The number of aryl methyl sites for hydroxylation is 1. The maximum atomic E-state index is 4.82. The zero-order valence-electron chi connectivity index (χ0n) is 15.6. The van der Waals surface area contributed by atoms with E-state index in [1.165, 1.54) is 63.0 Å². The van der Waals surface area contributed by atoms with Crippen molar-refractivity contribution in [1.82, 2.24) is 9.38 Å². The molecular formula is C20H34N2Sn. The Morgan fingerprint density at radius 1 is 0.957 bits per heavy atom. The van der Waals surface area contributed by atoms with Crippen LogP contribution in [-0.2, 0) is 0 Å². The van der Waals surface area contributed by atoms with Crippen molar-refractivity contribution in [3.05, 3.63) is 30.1 Å². The molecule has 0 fully saturated rings. The molecule has 2 heterocycles. The molecule has 0 aromatic carbocycles. The van der Waals surface area contributed by atoms with Crippen molar-refractivity contribution in [2.24, 2.45) is 0 Å². The van der Waals surface area contributed by atoms with Crippen molar-refractivity contribution < 1.29 is 0 Å². The molecule has 2 aromatic rings. The summed E-state index contributed by atoms with van der Waals surface area (Å²) < 4.78 is 8.65. The van der Waals surface area contributed by atoms with E-state index in [1.54, 1.807) is 3.71 Å². The molecule has 3 heteroatoms. The molecule has 128 valence electrons. The van der Waals surface area contributed by atoms with Gasteiger partial charge in [0.1, 0.15) is 0 Å². The topological polar surface area (TPSA) is 17.3 Å². The van der Waals surface area contributed by atoms with Gasteiger partial charge < -0.3 is 0 Å². The molecule has 0 atom stereocenters. The molecule has 0 saturated carbocycles. The molecule has 23 heavy (non-hydrogen) atoms. The van der Waals surface area contributed by atoms with Crippen LogP contribution in [0.4, 0.5) is 0 Å². The van der Waals surface area contributed by atoms with E-state index in [4.69, 9.17) is 4.98 Å². The number of imidazole rings is 1. The number of hydrogen-bond donors (Lipinski definition) is 0. The van der Waals surface area contributed by atoms with Crippen LogP contribution in [0, 0.1) is 6.92 Å². The maximum absolute atomic E-state index is 4.82. The van der Waals surface area contributed by atoms with Gasteiger partial charge in [0, 0.05) is 0 Å². The number of aromatic nitrogens is 2. The second-order valence-corrected chi connectivity index (χ2v) is 20.2. The van der Waals surface area contributed by atoms with Crippen LogP contribution in [0.5, 0.6) is 0 Å². The predicted octanol–water partition coefficient (Wildman–Crippen LogP) is 5.70. The van der Waals surface area contributed by atoms with E-state index in [1.807, 2.05) is 0 Å². The van der Waals surface area contributed by atoms with Crippen LogP contribution in [0.15, 0.2) is 24.5 Å². The van der Waals surface area contributed by atoms with E-state index in [-0.39, 0.29) is 0 Å². The number of fused-ring (bicyclic) bond motifs is 1. The van der Waals surface area contributed by atoms with Gasteiger partial charge in [-0.1, -0.05) is 0 Å². The van der Waals surface area contributed by atoms with Crippen LogP contribution in [-0.4, -0.2) is 27.8 Å². The van der Waals surface area contributed by atoms with Gasteiger partial charge in [0.25, 0.3) is 0 Å². The fourth-order valence-corrected chi connectivity index (χ4v) is 19.9. The third-order valence-corrected chi connectivity index (χ3v) is 20.7. The van der Waals surface area contributed by atoms with Gasteiger partial charge in [0.05, 0.1) is 0 Å². The molecule has 0 aliphatic heterocycles. The van der Waals surface area contributed by atoms with E-state index in [2.05, 4.69) is 56.6 Å². The first-order chi connectivity index (χ1) is 11.2. The van der Waals surface area contributed by atoms with Crippen LogP contribution in [0.1, 0.15) is 64.9 Å². The quantitative estimate of drug-likeness (QED) is 0.450. The Morgan fingerprint density at radius 3 is 2.04 bits per heavy atom. The van der Waals surface area contributed by atoms with Gasteiger partial charge in [-0.05, 0) is 0 Å². The summed E-state index contributed by atoms with van der Waals surface area (Å²) in [6, 6.07) is 4.39. The van der Waals surface area contributed by atoms with E-state index < -0.39 is 18.4 Å². The average molecular weight is 421 g/mol. The molecule has 2 nitrogen and oxygen atoms in total. The molecule has 0 aliphatic rings. The summed E-state index contributed by atoms with van der Waals surface area (Å²) in [6.07, 6.45) is 12.7.